The van der Waals surface area contributed by atoms with Gasteiger partial charge in [-0.3, -0.25) is 9.25 Å². The molecule has 0 aromatic carbocycles. The molecule has 19 heavy (non-hydrogen) atoms. The van der Waals surface area contributed by atoms with Crippen LogP contribution < -0.4 is 5.73 Å². The largest absolute Gasteiger partial charge is 0.384 e. The molecule has 0 aliphatic heterocycles. The highest BCUT2D eigenvalue weighted by Crippen LogP contribution is 2.23. The first-order chi connectivity index (χ1) is 9.28. The second kappa shape index (κ2) is 4.56. The van der Waals surface area contributed by atoms with E-state index in [9.17, 15) is 0 Å². The maximum absolute atomic E-state index is 5.72. The minimum atomic E-state index is 0.495. The van der Waals surface area contributed by atoms with E-state index in [1.165, 1.54) is 0 Å². The second-order valence-corrected chi connectivity index (χ2v) is 4.17. The van der Waals surface area contributed by atoms with Gasteiger partial charge in [0, 0.05) is 24.5 Å². The van der Waals surface area contributed by atoms with Gasteiger partial charge >= 0.3 is 0 Å². The van der Waals surface area contributed by atoms with Gasteiger partial charge in [0.25, 0.3) is 0 Å². The number of hydrogen-bond donors (Lipinski definition) is 1. The van der Waals surface area contributed by atoms with Crippen molar-refractivity contribution in [1.29, 1.82) is 0 Å². The fourth-order valence-corrected chi connectivity index (χ4v) is 1.97. The van der Waals surface area contributed by atoms with Crippen molar-refractivity contribution in [1.82, 2.24) is 24.3 Å². The van der Waals surface area contributed by atoms with Crippen molar-refractivity contribution in [3.05, 3.63) is 43.2 Å². The number of nitrogens with two attached hydrogens (primary N) is 1. The molecular weight excluding hydrogens is 240 g/mol. The molecular formula is C13H14N6. The Morgan fingerprint density at radius 2 is 2.21 bits per heavy atom. The molecule has 3 rings (SSSR count). The molecule has 0 fully saturated rings. The maximum atomic E-state index is 5.72. The normalized spacial score (nSPS) is 10.8. The van der Waals surface area contributed by atoms with Gasteiger partial charge < -0.3 is 5.73 Å². The molecule has 0 amide bonds. The molecule has 6 nitrogen and oxygen atoms in total. The van der Waals surface area contributed by atoms with Crippen LogP contribution in [0, 0.1) is 0 Å². The molecule has 0 radical (unpaired) electrons. The zero-order valence-corrected chi connectivity index (χ0v) is 10.6. The molecule has 3 aromatic rings. The van der Waals surface area contributed by atoms with E-state index in [1.807, 2.05) is 33.8 Å². The number of rotatable bonds is 3. The van der Waals surface area contributed by atoms with Crippen molar-refractivity contribution in [2.75, 3.05) is 5.73 Å². The van der Waals surface area contributed by atoms with E-state index in [4.69, 9.17) is 5.73 Å². The van der Waals surface area contributed by atoms with Gasteiger partial charge in [0.05, 0.1) is 30.1 Å². The van der Waals surface area contributed by atoms with Crippen LogP contribution >= 0.6 is 0 Å². The van der Waals surface area contributed by atoms with Crippen LogP contribution in [0.2, 0.25) is 0 Å². The molecule has 0 aliphatic rings. The Balaban J connectivity index is 2.07. The highest BCUT2D eigenvalue weighted by Gasteiger charge is 2.09. The number of hydrogen-bond acceptors (Lipinski definition) is 4. The summed E-state index contributed by atoms with van der Waals surface area (Å²) in [5, 5.41) is 4.27. The van der Waals surface area contributed by atoms with Crippen LogP contribution in [0.25, 0.3) is 16.9 Å². The summed E-state index contributed by atoms with van der Waals surface area (Å²) < 4.78 is 3.86. The van der Waals surface area contributed by atoms with Crippen molar-refractivity contribution < 1.29 is 0 Å². The summed E-state index contributed by atoms with van der Waals surface area (Å²) in [6.45, 7) is 2.89. The lowest BCUT2D eigenvalue weighted by Gasteiger charge is -2.05. The third-order valence-electron chi connectivity index (χ3n) is 2.94. The summed E-state index contributed by atoms with van der Waals surface area (Å²) in [4.78, 5) is 8.21. The zero-order chi connectivity index (χ0) is 13.2. The quantitative estimate of drug-likeness (QED) is 0.772. The smallest absolute Gasteiger partial charge is 0.123 e. The summed E-state index contributed by atoms with van der Waals surface area (Å²) in [5.74, 6) is 0.495. The summed E-state index contributed by atoms with van der Waals surface area (Å²) in [6.07, 6.45) is 9.06. The van der Waals surface area contributed by atoms with E-state index in [2.05, 4.69) is 22.0 Å². The Labute approximate surface area is 110 Å². The first-order valence-electron chi connectivity index (χ1n) is 6.05. The zero-order valence-electron chi connectivity index (χ0n) is 10.6. The fourth-order valence-electron chi connectivity index (χ4n) is 1.97. The highest BCUT2D eigenvalue weighted by molar-refractivity contribution is 5.63. The number of pyridine rings is 1. The molecule has 2 N–H and O–H groups in total. The third kappa shape index (κ3) is 2.08. The van der Waals surface area contributed by atoms with Gasteiger partial charge in [-0.25, -0.2) is 9.97 Å². The number of aromatic nitrogens is 5. The Morgan fingerprint density at radius 3 is 2.95 bits per heavy atom. The Kier molecular flexibility index (Phi) is 2.75. The van der Waals surface area contributed by atoms with Gasteiger partial charge in [-0.05, 0) is 19.1 Å². The average Bonchev–Trinajstić information content (AvgIpc) is 3.07. The van der Waals surface area contributed by atoms with Crippen LogP contribution in [-0.2, 0) is 6.54 Å². The fraction of sp³-hybridized carbons (Fsp3) is 0.154. The summed E-state index contributed by atoms with van der Waals surface area (Å²) in [7, 11) is 0. The predicted octanol–water partition coefficient (Wildman–Crippen LogP) is 1.73. The highest BCUT2D eigenvalue weighted by atomic mass is 15.3. The molecule has 0 aliphatic carbocycles. The van der Waals surface area contributed by atoms with Crippen LogP contribution in [0.1, 0.15) is 6.92 Å². The molecule has 0 saturated carbocycles. The first kappa shape index (κ1) is 11.5. The van der Waals surface area contributed by atoms with Gasteiger partial charge in [0.2, 0.25) is 0 Å². The minimum Gasteiger partial charge on any atom is -0.384 e. The number of nitrogen functional groups attached to an aromatic ring is 1. The van der Waals surface area contributed by atoms with Crippen molar-refractivity contribution in [2.45, 2.75) is 13.5 Å². The van der Waals surface area contributed by atoms with E-state index in [1.54, 1.807) is 18.7 Å². The molecule has 3 aromatic heterocycles. The molecule has 3 heterocycles. The van der Waals surface area contributed by atoms with E-state index in [-0.39, 0.29) is 0 Å². The Morgan fingerprint density at radius 1 is 1.32 bits per heavy atom. The lowest BCUT2D eigenvalue weighted by Crippen LogP contribution is -1.96. The molecule has 0 saturated heterocycles. The third-order valence-corrected chi connectivity index (χ3v) is 2.94. The van der Waals surface area contributed by atoms with Gasteiger partial charge in [0.1, 0.15) is 5.82 Å². The van der Waals surface area contributed by atoms with Gasteiger partial charge in [-0.1, -0.05) is 0 Å². The summed E-state index contributed by atoms with van der Waals surface area (Å²) in [6, 6.07) is 3.74. The standard InChI is InChI=1S/C13H14N6/c1-2-18-8-11(6-17-18)19-9-15-7-12(19)10-3-4-16-13(14)5-10/h3-9H,2H2,1H3,(H2,14,16). The maximum Gasteiger partial charge on any atom is 0.123 e. The monoisotopic (exact) mass is 254 g/mol. The molecule has 0 atom stereocenters. The van der Waals surface area contributed by atoms with Crippen LogP contribution in [-0.4, -0.2) is 24.3 Å². The van der Waals surface area contributed by atoms with Gasteiger partial charge in [-0.2, -0.15) is 5.10 Å². The predicted molar refractivity (Wildman–Crippen MR) is 72.7 cm³/mol. The molecule has 96 valence electrons. The summed E-state index contributed by atoms with van der Waals surface area (Å²) >= 11 is 0. The van der Waals surface area contributed by atoms with Crippen molar-refractivity contribution >= 4 is 5.82 Å². The molecule has 6 heteroatoms. The molecule has 0 spiro atoms. The SMILES string of the molecule is CCn1cc(-n2cncc2-c2ccnc(N)c2)cn1. The lowest BCUT2D eigenvalue weighted by molar-refractivity contribution is 0.659. The minimum absolute atomic E-state index is 0.495. The second-order valence-electron chi connectivity index (χ2n) is 4.17. The number of nitrogens with zero attached hydrogens (tertiary/aromatic N) is 5. The van der Waals surface area contributed by atoms with Gasteiger partial charge in [0.15, 0.2) is 0 Å². The average molecular weight is 254 g/mol. The van der Waals surface area contributed by atoms with Crippen molar-refractivity contribution in [3.63, 3.8) is 0 Å². The van der Waals surface area contributed by atoms with E-state index in [0.29, 0.717) is 5.82 Å². The molecule has 0 bridgehead atoms. The van der Waals surface area contributed by atoms with Crippen molar-refractivity contribution in [2.24, 2.45) is 0 Å². The van der Waals surface area contributed by atoms with Gasteiger partial charge in [-0.15, -0.1) is 0 Å². The number of imidazole rings is 1. The number of anilines is 1. The number of aryl methyl sites for hydroxylation is 1. The molecule has 0 unspecified atom stereocenters. The Hall–Kier alpha value is -2.63. The summed E-state index contributed by atoms with van der Waals surface area (Å²) in [5.41, 5.74) is 8.64. The van der Waals surface area contributed by atoms with E-state index < -0.39 is 0 Å². The van der Waals surface area contributed by atoms with E-state index >= 15 is 0 Å². The van der Waals surface area contributed by atoms with Crippen LogP contribution in [0.15, 0.2) is 43.2 Å². The van der Waals surface area contributed by atoms with E-state index in [0.717, 1.165) is 23.5 Å². The lowest BCUT2D eigenvalue weighted by atomic mass is 10.2. The van der Waals surface area contributed by atoms with Crippen LogP contribution in [0.5, 0.6) is 0 Å². The van der Waals surface area contributed by atoms with Crippen LogP contribution in [0.3, 0.4) is 0 Å². The topological polar surface area (TPSA) is 74.5 Å². The van der Waals surface area contributed by atoms with Crippen LogP contribution in [0.4, 0.5) is 5.82 Å². The Bertz CT molecular complexity index is 696. The van der Waals surface area contributed by atoms with Crippen molar-refractivity contribution in [3.8, 4) is 16.9 Å². The first-order valence-corrected chi connectivity index (χ1v) is 6.05.